The van der Waals surface area contributed by atoms with Crippen molar-refractivity contribution in [1.29, 1.82) is 0 Å². The third-order valence-corrected chi connectivity index (χ3v) is 6.42. The first kappa shape index (κ1) is 26.0. The summed E-state index contributed by atoms with van der Waals surface area (Å²) in [4.78, 5) is 23.5. The van der Waals surface area contributed by atoms with E-state index in [4.69, 9.17) is 9.84 Å². The molecule has 0 amide bonds. The topological polar surface area (TPSA) is 63.6 Å². The fraction of sp³-hybridized carbons (Fsp3) is 0.920. The van der Waals surface area contributed by atoms with Crippen molar-refractivity contribution in [3.63, 3.8) is 0 Å². The molecular weight excluding hydrogens is 364 g/mol. The van der Waals surface area contributed by atoms with E-state index in [1.165, 1.54) is 70.6 Å². The summed E-state index contributed by atoms with van der Waals surface area (Å²) in [5.74, 6) is -1.26. The van der Waals surface area contributed by atoms with Crippen LogP contribution in [0.1, 0.15) is 130 Å². The van der Waals surface area contributed by atoms with Crippen molar-refractivity contribution in [2.45, 2.75) is 136 Å². The van der Waals surface area contributed by atoms with Gasteiger partial charge in [-0.2, -0.15) is 0 Å². The second-order valence-electron chi connectivity index (χ2n) is 9.71. The van der Waals surface area contributed by atoms with Crippen molar-refractivity contribution >= 4 is 11.9 Å². The van der Waals surface area contributed by atoms with Gasteiger partial charge in [-0.3, -0.25) is 9.59 Å². The van der Waals surface area contributed by atoms with Crippen molar-refractivity contribution in [2.75, 3.05) is 0 Å². The Hall–Kier alpha value is -1.06. The Morgan fingerprint density at radius 2 is 1.17 bits per heavy atom. The lowest BCUT2D eigenvalue weighted by Gasteiger charge is -2.30. The van der Waals surface area contributed by atoms with E-state index >= 15 is 0 Å². The number of aliphatic carboxylic acids is 1. The number of hydrogen-bond donors (Lipinski definition) is 1. The number of carboxylic acid groups (broad SMARTS) is 1. The zero-order valence-electron chi connectivity index (χ0n) is 19.3. The minimum absolute atomic E-state index is 0.119. The summed E-state index contributed by atoms with van der Waals surface area (Å²) in [6, 6.07) is 0. The van der Waals surface area contributed by atoms with E-state index in [1.807, 2.05) is 13.8 Å². The van der Waals surface area contributed by atoms with Gasteiger partial charge in [0.05, 0.1) is 11.8 Å². The van der Waals surface area contributed by atoms with Gasteiger partial charge >= 0.3 is 11.9 Å². The molecule has 4 heteroatoms. The number of carbonyl (C=O) groups is 2. The lowest BCUT2D eigenvalue weighted by molar-refractivity contribution is -0.165. The summed E-state index contributed by atoms with van der Waals surface area (Å²) in [7, 11) is 0. The van der Waals surface area contributed by atoms with Gasteiger partial charge in [0, 0.05) is 0 Å². The first-order valence-electron chi connectivity index (χ1n) is 12.3. The van der Waals surface area contributed by atoms with Crippen LogP contribution in [0.5, 0.6) is 0 Å². The zero-order valence-corrected chi connectivity index (χ0v) is 19.3. The molecule has 1 saturated carbocycles. The minimum Gasteiger partial charge on any atom is -0.481 e. The summed E-state index contributed by atoms with van der Waals surface area (Å²) in [6.45, 7) is 6.28. The molecule has 1 fully saturated rings. The fourth-order valence-electron chi connectivity index (χ4n) is 4.37. The zero-order chi connectivity index (χ0) is 21.5. The van der Waals surface area contributed by atoms with Crippen molar-refractivity contribution in [2.24, 2.45) is 11.8 Å². The maximum Gasteiger partial charge on any atom is 0.309 e. The molecule has 0 aliphatic heterocycles. The smallest absolute Gasteiger partial charge is 0.309 e. The Morgan fingerprint density at radius 1 is 0.759 bits per heavy atom. The van der Waals surface area contributed by atoms with Crippen LogP contribution in [-0.4, -0.2) is 22.6 Å². The molecule has 0 spiro atoms. The second-order valence-corrected chi connectivity index (χ2v) is 9.71. The SMILES string of the molecule is CCCCCCCCCCCCCCC(C)(C)OC(=O)C1CCC(C(=O)O)CC1. The largest absolute Gasteiger partial charge is 0.481 e. The molecule has 170 valence electrons. The first-order valence-corrected chi connectivity index (χ1v) is 12.3. The Morgan fingerprint density at radius 3 is 1.62 bits per heavy atom. The molecule has 1 N–H and O–H groups in total. The average Bonchev–Trinajstić information content (AvgIpc) is 2.68. The van der Waals surface area contributed by atoms with Crippen molar-refractivity contribution in [3.05, 3.63) is 0 Å². The summed E-state index contributed by atoms with van der Waals surface area (Å²) < 4.78 is 5.79. The van der Waals surface area contributed by atoms with E-state index in [9.17, 15) is 9.59 Å². The van der Waals surface area contributed by atoms with Gasteiger partial charge in [0.2, 0.25) is 0 Å². The van der Waals surface area contributed by atoms with Crippen LogP contribution >= 0.6 is 0 Å². The van der Waals surface area contributed by atoms with Crippen LogP contribution in [0.4, 0.5) is 0 Å². The Bertz CT molecular complexity index is 450. The summed E-state index contributed by atoms with van der Waals surface area (Å²) in [5, 5.41) is 9.07. The van der Waals surface area contributed by atoms with Gasteiger partial charge in [-0.25, -0.2) is 0 Å². The highest BCUT2D eigenvalue weighted by atomic mass is 16.6. The Labute approximate surface area is 179 Å². The summed E-state index contributed by atoms with van der Waals surface area (Å²) in [6.07, 6.45) is 19.3. The van der Waals surface area contributed by atoms with E-state index in [0.29, 0.717) is 25.7 Å². The number of rotatable bonds is 16. The molecule has 0 saturated heterocycles. The molecule has 0 aromatic heterocycles. The minimum atomic E-state index is -0.732. The molecule has 29 heavy (non-hydrogen) atoms. The van der Waals surface area contributed by atoms with Gasteiger partial charge in [0.1, 0.15) is 5.60 Å². The number of carboxylic acids is 1. The maximum absolute atomic E-state index is 12.4. The number of esters is 1. The first-order chi connectivity index (χ1) is 13.9. The molecule has 0 aromatic rings. The van der Waals surface area contributed by atoms with Gasteiger partial charge in [-0.15, -0.1) is 0 Å². The van der Waals surface area contributed by atoms with E-state index in [0.717, 1.165) is 12.8 Å². The average molecular weight is 411 g/mol. The van der Waals surface area contributed by atoms with Gasteiger partial charge < -0.3 is 9.84 Å². The quantitative estimate of drug-likeness (QED) is 0.214. The Balaban J connectivity index is 2.03. The molecular formula is C25H46O4. The van der Waals surface area contributed by atoms with Crippen LogP contribution in [0, 0.1) is 11.8 Å². The molecule has 0 heterocycles. The van der Waals surface area contributed by atoms with Crippen LogP contribution in [0.15, 0.2) is 0 Å². The third kappa shape index (κ3) is 12.3. The van der Waals surface area contributed by atoms with Crippen LogP contribution in [-0.2, 0) is 14.3 Å². The van der Waals surface area contributed by atoms with Gasteiger partial charge in [-0.1, -0.05) is 77.6 Å². The predicted octanol–water partition coefficient (Wildman–Crippen LogP) is 7.29. The lowest BCUT2D eigenvalue weighted by Crippen LogP contribution is -2.34. The molecule has 0 atom stereocenters. The number of ether oxygens (including phenoxy) is 1. The monoisotopic (exact) mass is 410 g/mol. The fourth-order valence-corrected chi connectivity index (χ4v) is 4.37. The summed E-state index contributed by atoms with van der Waals surface area (Å²) in [5.41, 5.74) is -0.417. The summed E-state index contributed by atoms with van der Waals surface area (Å²) >= 11 is 0. The normalized spacial score (nSPS) is 19.8. The van der Waals surface area contributed by atoms with Crippen molar-refractivity contribution in [3.8, 4) is 0 Å². The Kier molecular flexibility index (Phi) is 13.3. The molecule has 0 radical (unpaired) electrons. The van der Waals surface area contributed by atoms with Gasteiger partial charge in [0.25, 0.3) is 0 Å². The molecule has 0 aromatic carbocycles. The van der Waals surface area contributed by atoms with Gasteiger partial charge in [0.15, 0.2) is 0 Å². The molecule has 0 unspecified atom stereocenters. The number of hydrogen-bond acceptors (Lipinski definition) is 3. The second kappa shape index (κ2) is 14.8. The van der Waals surface area contributed by atoms with Crippen molar-refractivity contribution < 1.29 is 19.4 Å². The molecule has 1 aliphatic carbocycles. The molecule has 1 rings (SSSR count). The third-order valence-electron chi connectivity index (χ3n) is 6.42. The highest BCUT2D eigenvalue weighted by Crippen LogP contribution is 2.31. The van der Waals surface area contributed by atoms with Gasteiger partial charge in [-0.05, 0) is 52.4 Å². The van der Waals surface area contributed by atoms with Crippen molar-refractivity contribution in [1.82, 2.24) is 0 Å². The highest BCUT2D eigenvalue weighted by Gasteiger charge is 2.33. The van der Waals surface area contributed by atoms with E-state index in [1.54, 1.807) is 0 Å². The number of unbranched alkanes of at least 4 members (excludes halogenated alkanes) is 11. The number of carbonyl (C=O) groups excluding carboxylic acids is 1. The van der Waals surface area contributed by atoms with Crippen LogP contribution < -0.4 is 0 Å². The van der Waals surface area contributed by atoms with Crippen LogP contribution in [0.3, 0.4) is 0 Å². The molecule has 0 bridgehead atoms. The standard InChI is InChI=1S/C25H46O4/c1-4-5-6-7-8-9-10-11-12-13-14-15-20-25(2,3)29-24(28)22-18-16-21(17-19-22)23(26)27/h21-22H,4-20H2,1-3H3,(H,26,27). The van der Waals surface area contributed by atoms with Crippen LogP contribution in [0.2, 0.25) is 0 Å². The molecule has 4 nitrogen and oxygen atoms in total. The van der Waals surface area contributed by atoms with Crippen LogP contribution in [0.25, 0.3) is 0 Å². The highest BCUT2D eigenvalue weighted by molar-refractivity contribution is 5.74. The van der Waals surface area contributed by atoms with E-state index in [2.05, 4.69) is 6.92 Å². The maximum atomic E-state index is 12.4. The van der Waals surface area contributed by atoms with E-state index < -0.39 is 11.6 Å². The lowest BCUT2D eigenvalue weighted by atomic mass is 9.82. The predicted molar refractivity (Wildman–Crippen MR) is 119 cm³/mol. The molecule has 1 aliphatic rings. The van der Waals surface area contributed by atoms with E-state index in [-0.39, 0.29) is 17.8 Å².